The first-order valence-electron chi connectivity index (χ1n) is 5.72. The molecule has 2 rings (SSSR count). The van der Waals surface area contributed by atoms with Crippen LogP contribution in [0.1, 0.15) is 48.8 Å². The fraction of sp³-hybridized carbons (Fsp3) is 0.727. The Morgan fingerprint density at radius 3 is 2.65 bits per heavy atom. The van der Waals surface area contributed by atoms with Crippen molar-refractivity contribution >= 4 is 5.97 Å². The first-order valence-corrected chi connectivity index (χ1v) is 5.72. The number of hydrogen-bond acceptors (Lipinski definition) is 4. The molecule has 0 spiro atoms. The van der Waals surface area contributed by atoms with E-state index in [0.717, 1.165) is 12.8 Å². The molecule has 1 aromatic rings. The Morgan fingerprint density at radius 2 is 2.18 bits per heavy atom. The molecule has 1 aliphatic rings. The Labute approximate surface area is 99.3 Å². The Morgan fingerprint density at radius 1 is 1.53 bits per heavy atom. The van der Waals surface area contributed by atoms with E-state index in [0.29, 0.717) is 12.2 Å². The van der Waals surface area contributed by atoms with Gasteiger partial charge in [0.2, 0.25) is 0 Å². The lowest BCUT2D eigenvalue weighted by atomic mass is 9.95. The highest BCUT2D eigenvalue weighted by atomic mass is 16.4. The number of aliphatic hydroxyl groups is 1. The van der Waals surface area contributed by atoms with Crippen LogP contribution in [0.3, 0.4) is 0 Å². The number of nitrogens with zero attached hydrogens (tertiary/aromatic N) is 3. The monoisotopic (exact) mass is 239 g/mol. The van der Waals surface area contributed by atoms with Crippen molar-refractivity contribution < 1.29 is 15.0 Å². The molecular weight excluding hydrogens is 222 g/mol. The number of carboxylic acid groups (broad SMARTS) is 1. The number of hydrogen-bond donors (Lipinski definition) is 2. The van der Waals surface area contributed by atoms with Crippen LogP contribution in [-0.4, -0.2) is 37.8 Å². The van der Waals surface area contributed by atoms with Crippen molar-refractivity contribution in [1.82, 2.24) is 15.0 Å². The van der Waals surface area contributed by atoms with Crippen LogP contribution in [0.25, 0.3) is 0 Å². The average Bonchev–Trinajstić information content (AvgIpc) is 3.00. The van der Waals surface area contributed by atoms with E-state index >= 15 is 0 Å². The average molecular weight is 239 g/mol. The Hall–Kier alpha value is -1.43. The smallest absolute Gasteiger partial charge is 0.358 e. The van der Waals surface area contributed by atoms with Crippen LogP contribution in [0.4, 0.5) is 0 Å². The standard InChI is InChI=1S/C11H17N3O3/c1-11(2,6-15)5-14-9(7-3-4-7)8(10(16)17)12-13-14/h7,15H,3-6H2,1-2H3,(H,16,17). The molecule has 0 atom stereocenters. The summed E-state index contributed by atoms with van der Waals surface area (Å²) in [6.07, 6.45) is 1.99. The Bertz CT molecular complexity index is 435. The summed E-state index contributed by atoms with van der Waals surface area (Å²) in [4.78, 5) is 11.0. The second-order valence-corrected chi connectivity index (χ2v) is 5.38. The molecule has 1 aliphatic carbocycles. The van der Waals surface area contributed by atoms with Crippen LogP contribution >= 0.6 is 0 Å². The zero-order valence-electron chi connectivity index (χ0n) is 10.1. The lowest BCUT2D eigenvalue weighted by Gasteiger charge is -2.22. The van der Waals surface area contributed by atoms with Crippen molar-refractivity contribution in [3.8, 4) is 0 Å². The minimum absolute atomic E-state index is 0.0272. The van der Waals surface area contributed by atoms with Crippen molar-refractivity contribution in [1.29, 1.82) is 0 Å². The van der Waals surface area contributed by atoms with E-state index in [1.165, 1.54) is 0 Å². The minimum Gasteiger partial charge on any atom is -0.476 e. The third-order valence-electron chi connectivity index (χ3n) is 2.95. The van der Waals surface area contributed by atoms with Crippen LogP contribution in [0.2, 0.25) is 0 Å². The lowest BCUT2D eigenvalue weighted by molar-refractivity contribution is 0.0689. The number of carbonyl (C=O) groups is 1. The van der Waals surface area contributed by atoms with Crippen molar-refractivity contribution in [2.45, 2.75) is 39.2 Å². The molecule has 94 valence electrons. The van der Waals surface area contributed by atoms with Gasteiger partial charge in [-0.25, -0.2) is 9.48 Å². The summed E-state index contributed by atoms with van der Waals surface area (Å²) in [6, 6.07) is 0. The van der Waals surface area contributed by atoms with Gasteiger partial charge in [0.15, 0.2) is 5.69 Å². The molecule has 0 radical (unpaired) electrons. The van der Waals surface area contributed by atoms with Crippen LogP contribution in [0.15, 0.2) is 0 Å². The molecule has 1 fully saturated rings. The molecule has 6 nitrogen and oxygen atoms in total. The quantitative estimate of drug-likeness (QED) is 0.796. The maximum Gasteiger partial charge on any atom is 0.358 e. The van der Waals surface area contributed by atoms with E-state index in [2.05, 4.69) is 10.3 Å². The van der Waals surface area contributed by atoms with Gasteiger partial charge in [0.25, 0.3) is 0 Å². The van der Waals surface area contributed by atoms with E-state index < -0.39 is 5.97 Å². The first-order chi connectivity index (χ1) is 7.94. The molecule has 17 heavy (non-hydrogen) atoms. The molecule has 2 N–H and O–H groups in total. The summed E-state index contributed by atoms with van der Waals surface area (Å²) >= 11 is 0. The Balaban J connectivity index is 2.31. The van der Waals surface area contributed by atoms with Crippen molar-refractivity contribution in [2.24, 2.45) is 5.41 Å². The zero-order valence-corrected chi connectivity index (χ0v) is 10.1. The predicted molar refractivity (Wildman–Crippen MR) is 59.8 cm³/mol. The molecule has 0 aliphatic heterocycles. The van der Waals surface area contributed by atoms with Crippen LogP contribution in [-0.2, 0) is 6.54 Å². The topological polar surface area (TPSA) is 88.2 Å². The lowest BCUT2D eigenvalue weighted by Crippen LogP contribution is -2.25. The molecule has 0 bridgehead atoms. The maximum absolute atomic E-state index is 11.0. The van der Waals surface area contributed by atoms with Gasteiger partial charge in [-0.2, -0.15) is 0 Å². The maximum atomic E-state index is 11.0. The molecule has 0 aromatic carbocycles. The number of aromatic nitrogens is 3. The number of aromatic carboxylic acids is 1. The van der Waals surface area contributed by atoms with Gasteiger partial charge in [0, 0.05) is 17.9 Å². The Kier molecular flexibility index (Phi) is 2.91. The van der Waals surface area contributed by atoms with Gasteiger partial charge in [-0.05, 0) is 12.8 Å². The van der Waals surface area contributed by atoms with E-state index in [1.807, 2.05) is 13.8 Å². The summed E-state index contributed by atoms with van der Waals surface area (Å²) < 4.78 is 1.64. The van der Waals surface area contributed by atoms with E-state index in [4.69, 9.17) is 5.11 Å². The predicted octanol–water partition coefficient (Wildman–Crippen LogP) is 0.872. The van der Waals surface area contributed by atoms with Crippen LogP contribution in [0, 0.1) is 5.41 Å². The molecule has 1 saturated carbocycles. The largest absolute Gasteiger partial charge is 0.476 e. The molecule has 0 saturated heterocycles. The fourth-order valence-corrected chi connectivity index (χ4v) is 1.81. The van der Waals surface area contributed by atoms with Crippen LogP contribution < -0.4 is 0 Å². The molecular formula is C11H17N3O3. The van der Waals surface area contributed by atoms with Crippen molar-refractivity contribution in [3.05, 3.63) is 11.4 Å². The molecule has 0 unspecified atom stereocenters. The second kappa shape index (κ2) is 4.10. The fourth-order valence-electron chi connectivity index (χ4n) is 1.81. The molecule has 1 aromatic heterocycles. The van der Waals surface area contributed by atoms with Gasteiger partial charge in [-0.3, -0.25) is 0 Å². The summed E-state index contributed by atoms with van der Waals surface area (Å²) in [6.45, 7) is 4.33. The minimum atomic E-state index is -1.03. The molecule has 6 heteroatoms. The first kappa shape index (κ1) is 12.0. The van der Waals surface area contributed by atoms with Gasteiger partial charge in [-0.15, -0.1) is 5.10 Å². The van der Waals surface area contributed by atoms with Gasteiger partial charge in [0.05, 0.1) is 12.2 Å². The van der Waals surface area contributed by atoms with Crippen molar-refractivity contribution in [3.63, 3.8) is 0 Å². The number of aliphatic hydroxyl groups excluding tert-OH is 1. The third kappa shape index (κ3) is 2.46. The van der Waals surface area contributed by atoms with Gasteiger partial charge < -0.3 is 10.2 Å². The van der Waals surface area contributed by atoms with Crippen molar-refractivity contribution in [2.75, 3.05) is 6.61 Å². The number of carboxylic acids is 1. The summed E-state index contributed by atoms with van der Waals surface area (Å²) in [5, 5.41) is 25.9. The molecule has 1 heterocycles. The number of rotatable bonds is 5. The van der Waals surface area contributed by atoms with Gasteiger partial charge >= 0.3 is 5.97 Å². The third-order valence-corrected chi connectivity index (χ3v) is 2.95. The SMILES string of the molecule is CC(C)(CO)Cn1nnc(C(=O)O)c1C1CC1. The van der Waals surface area contributed by atoms with Crippen LogP contribution in [0.5, 0.6) is 0 Å². The highest BCUT2D eigenvalue weighted by Gasteiger charge is 2.35. The zero-order chi connectivity index (χ0) is 12.6. The van der Waals surface area contributed by atoms with E-state index in [-0.39, 0.29) is 23.6 Å². The van der Waals surface area contributed by atoms with E-state index in [9.17, 15) is 9.90 Å². The second-order valence-electron chi connectivity index (χ2n) is 5.38. The summed E-state index contributed by atoms with van der Waals surface area (Å²) in [7, 11) is 0. The van der Waals surface area contributed by atoms with Gasteiger partial charge in [-0.1, -0.05) is 19.1 Å². The normalized spacial score (nSPS) is 16.2. The highest BCUT2D eigenvalue weighted by Crippen LogP contribution is 2.41. The molecule has 0 amide bonds. The summed E-state index contributed by atoms with van der Waals surface area (Å²) in [5.41, 5.74) is 0.438. The summed E-state index contributed by atoms with van der Waals surface area (Å²) in [5.74, 6) is -0.759. The highest BCUT2D eigenvalue weighted by molar-refractivity contribution is 5.86. The van der Waals surface area contributed by atoms with Gasteiger partial charge in [0.1, 0.15) is 0 Å². The van der Waals surface area contributed by atoms with E-state index in [1.54, 1.807) is 4.68 Å².